The molecule has 0 N–H and O–H groups in total. The molecule has 25 heavy (non-hydrogen) atoms. The van der Waals surface area contributed by atoms with Crippen molar-refractivity contribution in [3.63, 3.8) is 0 Å². The molecule has 0 radical (unpaired) electrons. The van der Waals surface area contributed by atoms with E-state index in [4.69, 9.17) is 11.6 Å². The highest BCUT2D eigenvalue weighted by molar-refractivity contribution is 6.30. The maximum atomic E-state index is 12.8. The molecule has 1 unspecified atom stereocenters. The number of nitrogens with zero attached hydrogens (tertiary/aromatic N) is 1. The van der Waals surface area contributed by atoms with Crippen molar-refractivity contribution in [1.82, 2.24) is 4.90 Å². The minimum Gasteiger partial charge on any atom is -0.334 e. The lowest BCUT2D eigenvalue weighted by atomic mass is 9.89. The molecule has 130 valence electrons. The Morgan fingerprint density at radius 3 is 2.36 bits per heavy atom. The van der Waals surface area contributed by atoms with Gasteiger partial charge in [-0.3, -0.25) is 9.59 Å². The van der Waals surface area contributed by atoms with Gasteiger partial charge >= 0.3 is 0 Å². The molecule has 0 aromatic heterocycles. The van der Waals surface area contributed by atoms with Crippen LogP contribution in [0.3, 0.4) is 0 Å². The van der Waals surface area contributed by atoms with Gasteiger partial charge in [0.05, 0.1) is 6.54 Å². The molecule has 2 aromatic carbocycles. The smallest absolute Gasteiger partial charge is 0.238 e. The molecule has 0 saturated carbocycles. The highest BCUT2D eigenvalue weighted by Crippen LogP contribution is 2.32. The second kappa shape index (κ2) is 7.01. The summed E-state index contributed by atoms with van der Waals surface area (Å²) in [4.78, 5) is 27.0. The van der Waals surface area contributed by atoms with Gasteiger partial charge in [-0.25, -0.2) is 0 Å². The Kier molecular flexibility index (Phi) is 4.96. The van der Waals surface area contributed by atoms with Crippen LogP contribution in [0.5, 0.6) is 0 Å². The molecule has 1 amide bonds. The average molecular weight is 356 g/mol. The van der Waals surface area contributed by atoms with Crippen LogP contribution in [0.15, 0.2) is 42.5 Å². The van der Waals surface area contributed by atoms with Gasteiger partial charge in [0.25, 0.3) is 0 Å². The first-order chi connectivity index (χ1) is 11.9. The number of amides is 1. The van der Waals surface area contributed by atoms with Crippen LogP contribution in [-0.4, -0.2) is 29.7 Å². The van der Waals surface area contributed by atoms with Gasteiger partial charge in [0.15, 0.2) is 5.78 Å². The van der Waals surface area contributed by atoms with Gasteiger partial charge in [-0.15, -0.1) is 0 Å². The number of Topliss-reactive ketones (excluding diaryl/α,β-unsaturated/α-hetero) is 1. The van der Waals surface area contributed by atoms with Crippen LogP contribution in [-0.2, 0) is 9.59 Å². The first-order valence-corrected chi connectivity index (χ1v) is 8.92. The van der Waals surface area contributed by atoms with Crippen molar-refractivity contribution >= 4 is 23.3 Å². The lowest BCUT2D eigenvalue weighted by Crippen LogP contribution is -2.30. The van der Waals surface area contributed by atoms with E-state index in [-0.39, 0.29) is 18.2 Å². The van der Waals surface area contributed by atoms with Gasteiger partial charge in [-0.2, -0.15) is 0 Å². The van der Waals surface area contributed by atoms with Crippen molar-refractivity contribution in [2.24, 2.45) is 5.92 Å². The SMILES string of the molecule is Cc1ccc(-c2ccc(Cl)cc2)cc1C1C(=O)CN(CC(C)C)C1=O. The Morgan fingerprint density at radius 2 is 1.72 bits per heavy atom. The summed E-state index contributed by atoms with van der Waals surface area (Å²) in [5.74, 6) is -0.417. The zero-order chi connectivity index (χ0) is 18.1. The molecule has 3 nitrogen and oxygen atoms in total. The van der Waals surface area contributed by atoms with Gasteiger partial charge in [0, 0.05) is 11.6 Å². The third-order valence-corrected chi connectivity index (χ3v) is 4.83. The summed E-state index contributed by atoms with van der Waals surface area (Å²) in [7, 11) is 0. The Labute approximate surface area is 153 Å². The lowest BCUT2D eigenvalue weighted by Gasteiger charge is -2.18. The number of halogens is 1. The van der Waals surface area contributed by atoms with E-state index in [1.807, 2.05) is 49.4 Å². The van der Waals surface area contributed by atoms with E-state index >= 15 is 0 Å². The summed E-state index contributed by atoms with van der Waals surface area (Å²) in [6.45, 7) is 6.89. The van der Waals surface area contributed by atoms with Gasteiger partial charge in [-0.05, 0) is 53.3 Å². The molecular weight excluding hydrogens is 334 g/mol. The quantitative estimate of drug-likeness (QED) is 0.759. The van der Waals surface area contributed by atoms with Crippen molar-refractivity contribution in [3.8, 4) is 11.1 Å². The van der Waals surface area contributed by atoms with Crippen LogP contribution in [0.1, 0.15) is 30.9 Å². The molecule has 0 bridgehead atoms. The largest absolute Gasteiger partial charge is 0.334 e. The fourth-order valence-corrected chi connectivity index (χ4v) is 3.48. The van der Waals surface area contributed by atoms with Crippen LogP contribution in [0, 0.1) is 12.8 Å². The van der Waals surface area contributed by atoms with Crippen molar-refractivity contribution in [2.45, 2.75) is 26.7 Å². The fraction of sp³-hybridized carbons (Fsp3) is 0.333. The van der Waals surface area contributed by atoms with E-state index in [1.165, 1.54) is 0 Å². The molecule has 4 heteroatoms. The average Bonchev–Trinajstić information content (AvgIpc) is 2.82. The maximum absolute atomic E-state index is 12.8. The molecule has 1 heterocycles. The molecule has 1 atom stereocenters. The number of aryl methyl sites for hydroxylation is 1. The molecule has 2 aromatic rings. The summed E-state index contributed by atoms with van der Waals surface area (Å²) in [5.41, 5.74) is 3.78. The second-order valence-corrected chi connectivity index (χ2v) is 7.53. The zero-order valence-corrected chi connectivity index (χ0v) is 15.5. The summed E-state index contributed by atoms with van der Waals surface area (Å²) < 4.78 is 0. The number of ketones is 1. The fourth-order valence-electron chi connectivity index (χ4n) is 3.35. The predicted molar refractivity (Wildman–Crippen MR) is 101 cm³/mol. The highest BCUT2D eigenvalue weighted by atomic mass is 35.5. The van der Waals surface area contributed by atoms with Crippen molar-refractivity contribution in [1.29, 1.82) is 0 Å². The van der Waals surface area contributed by atoms with Crippen LogP contribution in [0.25, 0.3) is 11.1 Å². The number of hydrogen-bond acceptors (Lipinski definition) is 2. The van der Waals surface area contributed by atoms with Crippen molar-refractivity contribution < 1.29 is 9.59 Å². The summed E-state index contributed by atoms with van der Waals surface area (Å²) in [5, 5.41) is 0.682. The van der Waals surface area contributed by atoms with E-state index < -0.39 is 5.92 Å². The van der Waals surface area contributed by atoms with E-state index in [0.717, 1.165) is 22.3 Å². The highest BCUT2D eigenvalue weighted by Gasteiger charge is 2.40. The minimum absolute atomic E-state index is 0.0120. The first kappa shape index (κ1) is 17.7. The Hall–Kier alpha value is -2.13. The zero-order valence-electron chi connectivity index (χ0n) is 14.8. The number of rotatable bonds is 4. The van der Waals surface area contributed by atoms with Gasteiger partial charge in [-0.1, -0.05) is 49.7 Å². The normalized spacial score (nSPS) is 17.6. The molecule has 0 aliphatic carbocycles. The number of carbonyl (C=O) groups is 2. The molecule has 3 rings (SSSR count). The van der Waals surface area contributed by atoms with E-state index in [2.05, 4.69) is 13.8 Å². The van der Waals surface area contributed by atoms with E-state index in [1.54, 1.807) is 4.90 Å². The standard InChI is InChI=1S/C21H22ClNO2/c1-13(2)11-23-12-19(24)20(21(23)25)18-10-16(5-4-14(18)3)15-6-8-17(22)9-7-15/h4-10,13,20H,11-12H2,1-3H3. The van der Waals surface area contributed by atoms with Gasteiger partial charge < -0.3 is 4.90 Å². The predicted octanol–water partition coefficient (Wildman–Crippen LogP) is 4.47. The summed E-state index contributed by atoms with van der Waals surface area (Å²) in [6.07, 6.45) is 0. The number of carbonyl (C=O) groups excluding carboxylic acids is 2. The second-order valence-electron chi connectivity index (χ2n) is 7.09. The Morgan fingerprint density at radius 1 is 1.08 bits per heavy atom. The summed E-state index contributed by atoms with van der Waals surface area (Å²) >= 11 is 5.96. The van der Waals surface area contributed by atoms with Crippen molar-refractivity contribution in [3.05, 3.63) is 58.6 Å². The molecule has 1 fully saturated rings. The lowest BCUT2D eigenvalue weighted by molar-refractivity contribution is -0.129. The van der Waals surface area contributed by atoms with Crippen LogP contribution < -0.4 is 0 Å². The third kappa shape index (κ3) is 3.62. The summed E-state index contributed by atoms with van der Waals surface area (Å²) in [6, 6.07) is 13.5. The molecular formula is C21H22ClNO2. The van der Waals surface area contributed by atoms with Gasteiger partial charge in [0.2, 0.25) is 5.91 Å². The van der Waals surface area contributed by atoms with Crippen molar-refractivity contribution in [2.75, 3.05) is 13.1 Å². The topological polar surface area (TPSA) is 37.4 Å². The Balaban J connectivity index is 1.97. The molecule has 0 spiro atoms. The maximum Gasteiger partial charge on any atom is 0.238 e. The van der Waals surface area contributed by atoms with Crippen LogP contribution in [0.4, 0.5) is 0 Å². The number of hydrogen-bond donors (Lipinski definition) is 0. The Bertz CT molecular complexity index is 811. The molecule has 1 aliphatic heterocycles. The minimum atomic E-state index is -0.675. The molecule has 1 saturated heterocycles. The number of benzene rings is 2. The van der Waals surface area contributed by atoms with Crippen LogP contribution in [0.2, 0.25) is 5.02 Å². The monoisotopic (exact) mass is 355 g/mol. The number of likely N-dealkylation sites (tertiary alicyclic amines) is 1. The van der Waals surface area contributed by atoms with E-state index in [9.17, 15) is 9.59 Å². The van der Waals surface area contributed by atoms with E-state index in [0.29, 0.717) is 17.5 Å². The van der Waals surface area contributed by atoms with Gasteiger partial charge in [0.1, 0.15) is 5.92 Å². The first-order valence-electron chi connectivity index (χ1n) is 8.55. The van der Waals surface area contributed by atoms with Crippen LogP contribution >= 0.6 is 11.6 Å². The molecule has 1 aliphatic rings. The third-order valence-electron chi connectivity index (χ3n) is 4.58.